The molecule has 2 heterocycles. The van der Waals surface area contributed by atoms with Gasteiger partial charge in [-0.25, -0.2) is 4.79 Å². The van der Waals surface area contributed by atoms with Crippen LogP contribution in [0.2, 0.25) is 0 Å². The molecule has 1 aliphatic carbocycles. The van der Waals surface area contributed by atoms with Crippen molar-refractivity contribution in [1.29, 1.82) is 0 Å². The number of hydrogen-bond donors (Lipinski definition) is 1. The second kappa shape index (κ2) is 7.40. The lowest BCUT2D eigenvalue weighted by Gasteiger charge is -2.44. The minimum Gasteiger partial charge on any atom is -0.466 e. The molecule has 4 rings (SSSR count). The number of ketones is 1. The topological polar surface area (TPSA) is 119 Å². The van der Waals surface area contributed by atoms with E-state index < -0.39 is 22.7 Å². The fourth-order valence-electron chi connectivity index (χ4n) is 4.58. The summed E-state index contributed by atoms with van der Waals surface area (Å²) in [5.74, 6) is -2.09. The number of nitrogens with one attached hydrogen (secondary N) is 1. The molecule has 9 heteroatoms. The van der Waals surface area contributed by atoms with Crippen LogP contribution >= 0.6 is 0 Å². The second-order valence-electron chi connectivity index (χ2n) is 7.74. The number of amides is 1. The molecule has 30 heavy (non-hydrogen) atoms. The normalized spacial score (nSPS) is 23.6. The highest BCUT2D eigenvalue weighted by molar-refractivity contribution is 6.09. The number of carbonyl (C=O) groups is 3. The van der Waals surface area contributed by atoms with E-state index in [1.165, 1.54) is 25.3 Å². The third-order valence-corrected chi connectivity index (χ3v) is 5.77. The van der Waals surface area contributed by atoms with Crippen LogP contribution in [0.1, 0.15) is 31.2 Å². The van der Waals surface area contributed by atoms with Crippen LogP contribution in [0.5, 0.6) is 0 Å². The lowest BCUT2D eigenvalue weighted by atomic mass is 9.72. The van der Waals surface area contributed by atoms with Crippen LogP contribution < -0.4 is 5.32 Å². The van der Waals surface area contributed by atoms with Crippen LogP contribution in [-0.2, 0) is 19.1 Å². The molecule has 1 aromatic carbocycles. The van der Waals surface area contributed by atoms with E-state index in [4.69, 9.17) is 4.74 Å². The van der Waals surface area contributed by atoms with E-state index in [9.17, 15) is 24.5 Å². The third-order valence-electron chi connectivity index (χ3n) is 5.77. The van der Waals surface area contributed by atoms with E-state index in [0.717, 1.165) is 0 Å². The van der Waals surface area contributed by atoms with Crippen molar-refractivity contribution >= 4 is 23.3 Å². The minimum atomic E-state index is -0.901. The van der Waals surface area contributed by atoms with E-state index in [2.05, 4.69) is 5.32 Å². The van der Waals surface area contributed by atoms with Crippen molar-refractivity contribution in [3.8, 4) is 0 Å². The van der Waals surface area contributed by atoms with Crippen molar-refractivity contribution in [3.05, 3.63) is 62.5 Å². The van der Waals surface area contributed by atoms with E-state index in [1.54, 1.807) is 11.0 Å². The highest BCUT2D eigenvalue weighted by Gasteiger charge is 2.47. The first-order valence-electron chi connectivity index (χ1n) is 9.72. The van der Waals surface area contributed by atoms with Gasteiger partial charge in [0.2, 0.25) is 0 Å². The van der Waals surface area contributed by atoms with Crippen LogP contribution in [0.4, 0.5) is 5.69 Å². The summed E-state index contributed by atoms with van der Waals surface area (Å²) in [6.45, 7) is 2.78. The maximum atomic E-state index is 13.2. The Morgan fingerprint density at radius 3 is 2.77 bits per heavy atom. The van der Waals surface area contributed by atoms with E-state index in [-0.39, 0.29) is 28.7 Å². The molecule has 0 radical (unpaired) electrons. The van der Waals surface area contributed by atoms with Crippen LogP contribution in [0, 0.1) is 16.0 Å². The standard InChI is InChI=1S/C21H21N3O6/c1-11-8-14-17(15(25)9-11)16(12-4-3-5-13(10-12)24(28)29)18(21(27)30-2)19-20(26)22-6-7-23(14)19/h3-5,10-11,16H,6-9H2,1-2H3,(H,22,26)/t11-,16+/m1/s1. The SMILES string of the molecule is COC(=O)C1=C2C(=O)NCCN2C2=C(C(=O)C[C@H](C)C2)[C@@H]1c1cccc([N+](=O)[O-])c1. The Bertz CT molecular complexity index is 1040. The number of non-ortho nitro benzene ring substituents is 1. The molecule has 2 aliphatic heterocycles. The molecule has 0 bridgehead atoms. The van der Waals surface area contributed by atoms with Gasteiger partial charge in [0, 0.05) is 48.8 Å². The van der Waals surface area contributed by atoms with Crippen molar-refractivity contribution in [2.45, 2.75) is 25.7 Å². The summed E-state index contributed by atoms with van der Waals surface area (Å²) in [6, 6.07) is 5.83. The van der Waals surface area contributed by atoms with Crippen LogP contribution in [-0.4, -0.2) is 47.7 Å². The van der Waals surface area contributed by atoms with Crippen LogP contribution in [0.25, 0.3) is 0 Å². The van der Waals surface area contributed by atoms with Gasteiger partial charge in [0.25, 0.3) is 11.6 Å². The number of hydrogen-bond acceptors (Lipinski definition) is 7. The number of rotatable bonds is 3. The number of methoxy groups -OCH3 is 1. The zero-order valence-electron chi connectivity index (χ0n) is 16.6. The number of fused-ring (bicyclic) bond motifs is 2. The molecule has 156 valence electrons. The average molecular weight is 411 g/mol. The molecule has 0 unspecified atom stereocenters. The maximum Gasteiger partial charge on any atom is 0.337 e. The van der Waals surface area contributed by atoms with Gasteiger partial charge in [0.05, 0.1) is 17.6 Å². The van der Waals surface area contributed by atoms with Crippen LogP contribution in [0.15, 0.2) is 46.8 Å². The highest BCUT2D eigenvalue weighted by Crippen LogP contribution is 2.48. The third kappa shape index (κ3) is 3.06. The van der Waals surface area contributed by atoms with Gasteiger partial charge in [-0.05, 0) is 17.9 Å². The number of piperazine rings is 1. The molecule has 1 N–H and O–H groups in total. The molecule has 1 fully saturated rings. The molecule has 1 aromatic rings. The van der Waals surface area contributed by atoms with Gasteiger partial charge in [-0.1, -0.05) is 19.1 Å². The molecule has 0 aromatic heterocycles. The van der Waals surface area contributed by atoms with Crippen molar-refractivity contribution in [2.75, 3.05) is 20.2 Å². The summed E-state index contributed by atoms with van der Waals surface area (Å²) in [4.78, 5) is 51.4. The fourth-order valence-corrected chi connectivity index (χ4v) is 4.58. The number of Topliss-reactive ketones (excluding diaryl/α,β-unsaturated/α-hetero) is 1. The molecule has 0 saturated carbocycles. The summed E-state index contributed by atoms with van der Waals surface area (Å²) in [6.07, 6.45) is 0.895. The quantitative estimate of drug-likeness (QED) is 0.458. The number of allylic oxidation sites excluding steroid dienone is 2. The zero-order chi connectivity index (χ0) is 21.6. The van der Waals surface area contributed by atoms with Gasteiger partial charge in [-0.3, -0.25) is 19.7 Å². The Morgan fingerprint density at radius 2 is 2.07 bits per heavy atom. The lowest BCUT2D eigenvalue weighted by molar-refractivity contribution is -0.384. The number of nitro benzene ring substituents is 1. The van der Waals surface area contributed by atoms with E-state index in [1.807, 2.05) is 6.92 Å². The minimum absolute atomic E-state index is 0.0388. The largest absolute Gasteiger partial charge is 0.466 e. The number of esters is 1. The molecular weight excluding hydrogens is 390 g/mol. The van der Waals surface area contributed by atoms with Gasteiger partial charge < -0.3 is 15.0 Å². The van der Waals surface area contributed by atoms with E-state index in [0.29, 0.717) is 42.8 Å². The predicted octanol–water partition coefficient (Wildman–Crippen LogP) is 1.80. The molecular formula is C21H21N3O6. The number of carbonyl (C=O) groups excluding carboxylic acids is 3. The van der Waals surface area contributed by atoms with Gasteiger partial charge in [-0.2, -0.15) is 0 Å². The molecule has 9 nitrogen and oxygen atoms in total. The first-order valence-corrected chi connectivity index (χ1v) is 9.72. The summed E-state index contributed by atoms with van der Waals surface area (Å²) in [7, 11) is 1.21. The Kier molecular flexibility index (Phi) is 4.89. The molecule has 2 atom stereocenters. The number of nitro groups is 1. The smallest absolute Gasteiger partial charge is 0.337 e. The van der Waals surface area contributed by atoms with Crippen LogP contribution in [0.3, 0.4) is 0 Å². The Balaban J connectivity index is 2.02. The van der Waals surface area contributed by atoms with Crippen molar-refractivity contribution < 1.29 is 24.0 Å². The molecule has 0 spiro atoms. The molecule has 3 aliphatic rings. The average Bonchev–Trinajstić information content (AvgIpc) is 2.72. The number of benzene rings is 1. The zero-order valence-corrected chi connectivity index (χ0v) is 16.6. The summed E-state index contributed by atoms with van der Waals surface area (Å²) < 4.78 is 4.98. The Hall–Kier alpha value is -3.49. The first kappa shape index (κ1) is 19.8. The van der Waals surface area contributed by atoms with Crippen molar-refractivity contribution in [2.24, 2.45) is 5.92 Å². The maximum absolute atomic E-state index is 13.2. The van der Waals surface area contributed by atoms with Crippen molar-refractivity contribution in [3.63, 3.8) is 0 Å². The van der Waals surface area contributed by atoms with Gasteiger partial charge >= 0.3 is 5.97 Å². The summed E-state index contributed by atoms with van der Waals surface area (Å²) in [5.41, 5.74) is 1.59. The van der Waals surface area contributed by atoms with Gasteiger partial charge in [-0.15, -0.1) is 0 Å². The highest BCUT2D eigenvalue weighted by atomic mass is 16.6. The number of ether oxygens (including phenoxy) is 1. The number of nitrogens with zero attached hydrogens (tertiary/aromatic N) is 2. The second-order valence-corrected chi connectivity index (χ2v) is 7.74. The van der Waals surface area contributed by atoms with E-state index >= 15 is 0 Å². The predicted molar refractivity (Wildman–Crippen MR) is 105 cm³/mol. The van der Waals surface area contributed by atoms with Crippen molar-refractivity contribution in [1.82, 2.24) is 10.2 Å². The Morgan fingerprint density at radius 1 is 1.30 bits per heavy atom. The monoisotopic (exact) mass is 411 g/mol. The summed E-state index contributed by atoms with van der Waals surface area (Å²) >= 11 is 0. The molecule has 1 amide bonds. The molecule has 1 saturated heterocycles. The lowest BCUT2D eigenvalue weighted by Crippen LogP contribution is -2.50. The van der Waals surface area contributed by atoms with Gasteiger partial charge in [0.15, 0.2) is 5.78 Å². The van der Waals surface area contributed by atoms with Gasteiger partial charge in [0.1, 0.15) is 5.70 Å². The Labute approximate surface area is 172 Å². The fraction of sp³-hybridized carbons (Fsp3) is 0.381. The first-order chi connectivity index (χ1) is 14.3. The summed E-state index contributed by atoms with van der Waals surface area (Å²) in [5, 5.41) is 14.1.